The molecule has 3 rings (SSSR count). The van der Waals surface area contributed by atoms with Crippen molar-refractivity contribution in [1.82, 2.24) is 10.2 Å². The molecule has 0 spiro atoms. The summed E-state index contributed by atoms with van der Waals surface area (Å²) >= 11 is 3.43. The predicted molar refractivity (Wildman–Crippen MR) is 147 cm³/mol. The summed E-state index contributed by atoms with van der Waals surface area (Å²) in [5, 5.41) is 2.57. The number of carbonyl (C=O) groups is 2. The van der Waals surface area contributed by atoms with Crippen LogP contribution in [0.4, 0.5) is 5.69 Å². The minimum atomic E-state index is -4.16. The summed E-state index contributed by atoms with van der Waals surface area (Å²) in [5.41, 5.74) is 1.02. The molecule has 0 saturated carbocycles. The third-order valence-corrected chi connectivity index (χ3v) is 7.97. The average molecular weight is 589 g/mol. The molecule has 0 aromatic heterocycles. The van der Waals surface area contributed by atoms with E-state index in [2.05, 4.69) is 21.2 Å². The van der Waals surface area contributed by atoms with Crippen LogP contribution < -0.4 is 14.4 Å². The van der Waals surface area contributed by atoms with Gasteiger partial charge in [0.25, 0.3) is 10.0 Å². The average Bonchev–Trinajstić information content (AvgIpc) is 2.90. The number of ether oxygens (including phenoxy) is 1. The van der Waals surface area contributed by atoms with Crippen molar-refractivity contribution in [2.75, 3.05) is 24.5 Å². The monoisotopic (exact) mass is 587 g/mol. The molecule has 0 radical (unpaired) electrons. The van der Waals surface area contributed by atoms with E-state index in [-0.39, 0.29) is 23.0 Å². The quantitative estimate of drug-likeness (QED) is 0.362. The first-order chi connectivity index (χ1) is 17.7. The minimum absolute atomic E-state index is 0.0343. The highest BCUT2D eigenvalue weighted by atomic mass is 79.9. The molecule has 8 nitrogen and oxygen atoms in total. The lowest BCUT2D eigenvalue weighted by Crippen LogP contribution is -2.50. The van der Waals surface area contributed by atoms with Crippen molar-refractivity contribution < 1.29 is 22.7 Å². The molecule has 0 unspecified atom stereocenters. The van der Waals surface area contributed by atoms with E-state index in [1.54, 1.807) is 56.3 Å². The first kappa shape index (κ1) is 28.2. The van der Waals surface area contributed by atoms with Gasteiger partial charge in [-0.3, -0.25) is 13.9 Å². The second-order valence-corrected chi connectivity index (χ2v) is 10.9. The molecule has 0 bridgehead atoms. The summed E-state index contributed by atoms with van der Waals surface area (Å²) < 4.78 is 35.2. The summed E-state index contributed by atoms with van der Waals surface area (Å²) in [7, 11) is -2.67. The number of nitrogens with one attached hydrogen (secondary N) is 1. The second-order valence-electron chi connectivity index (χ2n) is 8.17. The summed E-state index contributed by atoms with van der Waals surface area (Å²) in [6.45, 7) is 3.30. The Labute approximate surface area is 226 Å². The van der Waals surface area contributed by atoms with E-state index in [0.717, 1.165) is 14.3 Å². The molecule has 3 aromatic carbocycles. The zero-order valence-corrected chi connectivity index (χ0v) is 23.3. The predicted octanol–water partition coefficient (Wildman–Crippen LogP) is 4.21. The molecule has 0 aliphatic heterocycles. The summed E-state index contributed by atoms with van der Waals surface area (Å²) in [6.07, 6.45) is 0. The van der Waals surface area contributed by atoms with Gasteiger partial charge in [-0.15, -0.1) is 0 Å². The fraction of sp³-hybridized carbons (Fsp3) is 0.259. The van der Waals surface area contributed by atoms with Gasteiger partial charge in [0.1, 0.15) is 18.3 Å². The zero-order valence-electron chi connectivity index (χ0n) is 20.9. The maximum atomic E-state index is 13.8. The van der Waals surface area contributed by atoms with Gasteiger partial charge in [0.05, 0.1) is 17.2 Å². The molecule has 3 aromatic rings. The highest BCUT2D eigenvalue weighted by Gasteiger charge is 2.33. The molecule has 0 aliphatic rings. The highest BCUT2D eigenvalue weighted by Crippen LogP contribution is 2.32. The highest BCUT2D eigenvalue weighted by molar-refractivity contribution is 9.10. The Hall–Kier alpha value is -3.37. The van der Waals surface area contributed by atoms with Crippen molar-refractivity contribution >= 4 is 43.5 Å². The van der Waals surface area contributed by atoms with Crippen LogP contribution in [0.25, 0.3) is 0 Å². The number of rotatable bonds is 11. The number of halogens is 1. The molecule has 1 N–H and O–H groups in total. The molecule has 10 heteroatoms. The Bertz CT molecular complexity index is 1330. The van der Waals surface area contributed by atoms with Crippen LogP contribution in [0.1, 0.15) is 19.4 Å². The van der Waals surface area contributed by atoms with Gasteiger partial charge in [0.15, 0.2) is 0 Å². The lowest BCUT2D eigenvalue weighted by molar-refractivity contribution is -0.139. The molecule has 2 amide bonds. The van der Waals surface area contributed by atoms with Crippen LogP contribution in [0.3, 0.4) is 0 Å². The number of benzene rings is 3. The van der Waals surface area contributed by atoms with Crippen molar-refractivity contribution in [1.29, 1.82) is 0 Å². The van der Waals surface area contributed by atoms with E-state index >= 15 is 0 Å². The molecule has 1 atom stereocenters. The molecular formula is C27H30BrN3O5S. The maximum absolute atomic E-state index is 13.8. The number of likely N-dealkylation sites (N-methyl/N-ethyl adjacent to an activating group) is 1. The van der Waals surface area contributed by atoms with Gasteiger partial charge >= 0.3 is 0 Å². The lowest BCUT2D eigenvalue weighted by atomic mass is 10.1. The molecule has 0 heterocycles. The van der Waals surface area contributed by atoms with Crippen LogP contribution in [0, 0.1) is 0 Å². The number of anilines is 1. The van der Waals surface area contributed by atoms with Gasteiger partial charge in [0.2, 0.25) is 11.8 Å². The molecule has 37 heavy (non-hydrogen) atoms. The zero-order chi connectivity index (χ0) is 27.0. The Kier molecular flexibility index (Phi) is 9.71. The second kappa shape index (κ2) is 12.7. The standard InChI is InChI=1S/C27H30BrN3O5S/c1-4-36-25-16-9-8-15-24(25)31(37(34,35)23-13-6-5-7-14-23)19-26(32)30(20(2)27(33)29-3)18-21-11-10-12-22(28)17-21/h5-17,20H,4,18-19H2,1-3H3,(H,29,33)/t20-/m1/s1. The van der Waals surface area contributed by atoms with Crippen molar-refractivity contribution in [3.05, 3.63) is 88.9 Å². The van der Waals surface area contributed by atoms with Crippen molar-refractivity contribution in [2.45, 2.75) is 31.3 Å². The minimum Gasteiger partial charge on any atom is -0.492 e. The summed E-state index contributed by atoms with van der Waals surface area (Å²) in [5.74, 6) is -0.576. The first-order valence-corrected chi connectivity index (χ1v) is 14.0. The SMILES string of the molecule is CCOc1ccccc1N(CC(=O)N(Cc1cccc(Br)c1)[C@H](C)C(=O)NC)S(=O)(=O)c1ccccc1. The lowest BCUT2D eigenvalue weighted by Gasteiger charge is -2.32. The molecule has 196 valence electrons. The topological polar surface area (TPSA) is 96.0 Å². The maximum Gasteiger partial charge on any atom is 0.264 e. The summed E-state index contributed by atoms with van der Waals surface area (Å²) in [6, 6.07) is 21.1. The number of hydrogen-bond acceptors (Lipinski definition) is 5. The van der Waals surface area contributed by atoms with Crippen LogP contribution in [0.15, 0.2) is 88.2 Å². The largest absolute Gasteiger partial charge is 0.492 e. The molecule has 0 saturated heterocycles. The molecular weight excluding hydrogens is 558 g/mol. The van der Waals surface area contributed by atoms with E-state index in [1.165, 1.54) is 24.1 Å². The molecule has 0 fully saturated rings. The Morgan fingerprint density at radius 3 is 2.32 bits per heavy atom. The van der Waals surface area contributed by atoms with Crippen molar-refractivity contribution in [3.63, 3.8) is 0 Å². The van der Waals surface area contributed by atoms with Crippen molar-refractivity contribution in [2.24, 2.45) is 0 Å². The van der Waals surface area contributed by atoms with Crippen LogP contribution in [0.2, 0.25) is 0 Å². The third-order valence-electron chi connectivity index (χ3n) is 5.70. The normalized spacial score (nSPS) is 11.9. The van der Waals surface area contributed by atoms with Gasteiger partial charge in [-0.25, -0.2) is 8.42 Å². The van der Waals surface area contributed by atoms with Crippen LogP contribution >= 0.6 is 15.9 Å². The van der Waals surface area contributed by atoms with E-state index in [1.807, 2.05) is 24.3 Å². The molecule has 0 aliphatic carbocycles. The Morgan fingerprint density at radius 1 is 1.00 bits per heavy atom. The number of carbonyl (C=O) groups excluding carboxylic acids is 2. The summed E-state index contributed by atoms with van der Waals surface area (Å²) in [4.78, 5) is 27.8. The fourth-order valence-corrected chi connectivity index (χ4v) is 5.69. The van der Waals surface area contributed by atoms with Gasteiger partial charge in [-0.05, 0) is 55.8 Å². The van der Waals surface area contributed by atoms with E-state index < -0.39 is 28.5 Å². The van der Waals surface area contributed by atoms with Gasteiger partial charge in [-0.1, -0.05) is 58.4 Å². The van der Waals surface area contributed by atoms with Gasteiger partial charge in [0, 0.05) is 18.1 Å². The third kappa shape index (κ3) is 6.90. The number of hydrogen-bond donors (Lipinski definition) is 1. The van der Waals surface area contributed by atoms with Gasteiger partial charge < -0.3 is 15.0 Å². The smallest absolute Gasteiger partial charge is 0.264 e. The van der Waals surface area contributed by atoms with E-state index in [0.29, 0.717) is 12.4 Å². The number of amides is 2. The number of nitrogens with zero attached hydrogens (tertiary/aromatic N) is 2. The van der Waals surface area contributed by atoms with Crippen molar-refractivity contribution in [3.8, 4) is 5.75 Å². The Morgan fingerprint density at radius 2 is 1.68 bits per heavy atom. The van der Waals surface area contributed by atoms with Crippen LogP contribution in [-0.4, -0.2) is 51.4 Å². The number of sulfonamides is 1. The first-order valence-electron chi connectivity index (χ1n) is 11.7. The van der Waals surface area contributed by atoms with Crippen LogP contribution in [0.5, 0.6) is 5.75 Å². The van der Waals surface area contributed by atoms with Gasteiger partial charge in [-0.2, -0.15) is 0 Å². The Balaban J connectivity index is 2.07. The van der Waals surface area contributed by atoms with Crippen LogP contribution in [-0.2, 0) is 26.2 Å². The fourth-order valence-electron chi connectivity index (χ4n) is 3.80. The van der Waals surface area contributed by atoms with E-state index in [4.69, 9.17) is 4.74 Å². The van der Waals surface area contributed by atoms with E-state index in [9.17, 15) is 18.0 Å². The number of para-hydroxylation sites is 2.